The number of hydrogen-bond donors (Lipinski definition) is 3. The molecule has 21 heavy (non-hydrogen) atoms. The summed E-state index contributed by atoms with van der Waals surface area (Å²) in [6.45, 7) is 5.21. The smallest absolute Gasteiger partial charge is 0.332 e. The Kier molecular flexibility index (Phi) is 5.16. The van der Waals surface area contributed by atoms with Gasteiger partial charge in [-0.3, -0.25) is 0 Å². The number of methoxy groups -OCH3 is 1. The lowest BCUT2D eigenvalue weighted by Gasteiger charge is -2.15. The van der Waals surface area contributed by atoms with E-state index >= 15 is 0 Å². The molecule has 1 fully saturated rings. The monoisotopic (exact) mass is 291 g/mol. The third-order valence-corrected chi connectivity index (χ3v) is 3.78. The van der Waals surface area contributed by atoms with Crippen molar-refractivity contribution in [1.82, 2.24) is 5.43 Å². The summed E-state index contributed by atoms with van der Waals surface area (Å²) in [5, 5.41) is 3.97. The Morgan fingerprint density at radius 2 is 2.14 bits per heavy atom. The second kappa shape index (κ2) is 7.08. The van der Waals surface area contributed by atoms with Crippen LogP contribution in [0.15, 0.2) is 23.3 Å². The topological polar surface area (TPSA) is 81.2 Å². The Bertz CT molecular complexity index is 536. The van der Waals surface area contributed by atoms with Crippen LogP contribution in [-0.4, -0.2) is 31.9 Å². The van der Waals surface area contributed by atoms with Gasteiger partial charge in [0.1, 0.15) is 12.3 Å². The number of nitrogens with zero attached hydrogens (tertiary/aromatic N) is 1. The Labute approximate surface area is 125 Å². The molecule has 0 saturated carbocycles. The highest BCUT2D eigenvalue weighted by Crippen LogP contribution is 2.20. The molecule has 1 heterocycles. The number of nitrogens with two attached hydrogens (primary N) is 1. The van der Waals surface area contributed by atoms with E-state index in [2.05, 4.69) is 16.6 Å². The van der Waals surface area contributed by atoms with Crippen LogP contribution in [-0.2, 0) is 6.54 Å². The number of quaternary nitrogens is 1. The number of rotatable bonds is 5. The summed E-state index contributed by atoms with van der Waals surface area (Å²) < 4.78 is 5.45. The number of carbonyl (C=O) groups is 1. The lowest BCUT2D eigenvalue weighted by molar-refractivity contribution is -0.901. The maximum absolute atomic E-state index is 10.7. The van der Waals surface area contributed by atoms with Gasteiger partial charge >= 0.3 is 6.03 Å². The van der Waals surface area contributed by atoms with Crippen LogP contribution in [0.4, 0.5) is 4.79 Å². The number of amides is 2. The molecule has 1 aromatic rings. The molecule has 114 valence electrons. The van der Waals surface area contributed by atoms with Gasteiger partial charge in [0.05, 0.1) is 25.9 Å². The highest BCUT2D eigenvalue weighted by atomic mass is 16.5. The summed E-state index contributed by atoms with van der Waals surface area (Å²) in [6.07, 6.45) is 2.58. The lowest BCUT2D eigenvalue weighted by Crippen LogP contribution is -3.08. The molecular formula is C15H23N4O2+. The third-order valence-electron chi connectivity index (χ3n) is 3.78. The zero-order valence-corrected chi connectivity index (χ0v) is 12.6. The molecule has 4 N–H and O–H groups in total. The first-order valence-corrected chi connectivity index (χ1v) is 7.20. The van der Waals surface area contributed by atoms with Crippen molar-refractivity contribution in [2.75, 3.05) is 20.2 Å². The van der Waals surface area contributed by atoms with Gasteiger partial charge in [-0.2, -0.15) is 5.10 Å². The minimum atomic E-state index is -0.662. The molecule has 0 radical (unpaired) electrons. The largest absolute Gasteiger partial charge is 0.496 e. The fraction of sp³-hybridized carbons (Fsp3) is 0.467. The molecule has 1 aliphatic rings. The number of likely N-dealkylation sites (tertiary alicyclic amines) is 1. The third kappa shape index (κ3) is 4.19. The number of hydrogen-bond acceptors (Lipinski definition) is 3. The van der Waals surface area contributed by atoms with Crippen molar-refractivity contribution in [3.63, 3.8) is 0 Å². The second-order valence-electron chi connectivity index (χ2n) is 5.33. The van der Waals surface area contributed by atoms with Crippen LogP contribution in [0.25, 0.3) is 0 Å². The first-order chi connectivity index (χ1) is 10.1. The quantitative estimate of drug-likeness (QED) is 0.537. The maximum atomic E-state index is 10.7. The molecule has 0 bridgehead atoms. The van der Waals surface area contributed by atoms with E-state index in [0.29, 0.717) is 5.71 Å². The molecule has 6 heteroatoms. The maximum Gasteiger partial charge on any atom is 0.332 e. The summed E-state index contributed by atoms with van der Waals surface area (Å²) in [6, 6.07) is 5.29. The van der Waals surface area contributed by atoms with Gasteiger partial charge in [0.15, 0.2) is 0 Å². The minimum absolute atomic E-state index is 0.662. The van der Waals surface area contributed by atoms with Gasteiger partial charge in [0, 0.05) is 18.4 Å². The fourth-order valence-electron chi connectivity index (χ4n) is 2.67. The van der Waals surface area contributed by atoms with Gasteiger partial charge in [-0.05, 0) is 30.7 Å². The Morgan fingerprint density at radius 1 is 1.43 bits per heavy atom. The molecule has 0 atom stereocenters. The number of urea groups is 1. The SMILES string of the molecule is COc1ccc(/C(C)=N\NC(N)=O)cc1C[NH+]1CCCC1. The predicted octanol–water partition coefficient (Wildman–Crippen LogP) is 0.266. The fourth-order valence-corrected chi connectivity index (χ4v) is 2.67. The Morgan fingerprint density at radius 3 is 2.76 bits per heavy atom. The van der Waals surface area contributed by atoms with Crippen molar-refractivity contribution < 1.29 is 14.4 Å². The van der Waals surface area contributed by atoms with E-state index in [4.69, 9.17) is 10.5 Å². The zero-order valence-electron chi connectivity index (χ0n) is 12.6. The number of primary amides is 1. The van der Waals surface area contributed by atoms with Crippen LogP contribution in [0.5, 0.6) is 5.75 Å². The molecule has 1 aliphatic heterocycles. The summed E-state index contributed by atoms with van der Waals surface area (Å²) >= 11 is 0. The van der Waals surface area contributed by atoms with E-state index in [-0.39, 0.29) is 0 Å². The number of benzene rings is 1. The van der Waals surface area contributed by atoms with Gasteiger partial charge in [-0.25, -0.2) is 10.2 Å². The van der Waals surface area contributed by atoms with Crippen molar-refractivity contribution in [2.45, 2.75) is 26.3 Å². The molecule has 0 aliphatic carbocycles. The second-order valence-corrected chi connectivity index (χ2v) is 5.33. The van der Waals surface area contributed by atoms with E-state index in [1.54, 1.807) is 12.0 Å². The summed E-state index contributed by atoms with van der Waals surface area (Å²) in [4.78, 5) is 12.3. The van der Waals surface area contributed by atoms with Crippen molar-refractivity contribution in [3.8, 4) is 5.75 Å². The van der Waals surface area contributed by atoms with Crippen molar-refractivity contribution in [3.05, 3.63) is 29.3 Å². The molecular weight excluding hydrogens is 268 g/mol. The molecule has 0 spiro atoms. The first-order valence-electron chi connectivity index (χ1n) is 7.20. The molecule has 6 nitrogen and oxygen atoms in total. The van der Waals surface area contributed by atoms with Crippen molar-refractivity contribution in [2.24, 2.45) is 10.8 Å². The molecule has 1 aromatic carbocycles. The van der Waals surface area contributed by atoms with E-state index in [0.717, 1.165) is 17.9 Å². The van der Waals surface area contributed by atoms with Crippen LogP contribution in [0.1, 0.15) is 30.9 Å². The van der Waals surface area contributed by atoms with Gasteiger partial charge in [0.25, 0.3) is 0 Å². The van der Waals surface area contributed by atoms with E-state index in [1.165, 1.54) is 31.5 Å². The highest BCUT2D eigenvalue weighted by Gasteiger charge is 2.18. The predicted molar refractivity (Wildman–Crippen MR) is 81.6 cm³/mol. The van der Waals surface area contributed by atoms with E-state index in [1.807, 2.05) is 19.1 Å². The minimum Gasteiger partial charge on any atom is -0.496 e. The average Bonchev–Trinajstić information content (AvgIpc) is 2.97. The van der Waals surface area contributed by atoms with Crippen LogP contribution in [0.2, 0.25) is 0 Å². The molecule has 2 rings (SSSR count). The number of nitrogens with one attached hydrogen (secondary N) is 2. The average molecular weight is 291 g/mol. The molecule has 2 amide bonds. The Balaban J connectivity index is 2.19. The summed E-state index contributed by atoms with van der Waals surface area (Å²) in [5.74, 6) is 0.897. The first kappa shape index (κ1) is 15.3. The summed E-state index contributed by atoms with van der Waals surface area (Å²) in [7, 11) is 1.69. The van der Waals surface area contributed by atoms with Crippen molar-refractivity contribution >= 4 is 11.7 Å². The normalized spacial score (nSPS) is 16.0. The van der Waals surface area contributed by atoms with Gasteiger partial charge in [0.2, 0.25) is 0 Å². The van der Waals surface area contributed by atoms with Crippen LogP contribution in [0.3, 0.4) is 0 Å². The molecule has 0 unspecified atom stereocenters. The standard InChI is InChI=1S/C15H22N4O2/c1-11(17-18-15(16)20)12-5-6-14(21-2)13(9-12)10-19-7-3-4-8-19/h5-6,9H,3-4,7-8,10H2,1-2H3,(H3,16,18,20)/p+1/b17-11-. The number of hydrazone groups is 1. The zero-order chi connectivity index (χ0) is 15.2. The van der Waals surface area contributed by atoms with Gasteiger partial charge in [-0.1, -0.05) is 0 Å². The van der Waals surface area contributed by atoms with E-state index in [9.17, 15) is 4.79 Å². The van der Waals surface area contributed by atoms with Gasteiger partial charge < -0.3 is 15.4 Å². The van der Waals surface area contributed by atoms with Crippen molar-refractivity contribution in [1.29, 1.82) is 0 Å². The molecule has 0 aromatic heterocycles. The summed E-state index contributed by atoms with van der Waals surface area (Å²) in [5.41, 5.74) is 10.1. The van der Waals surface area contributed by atoms with Gasteiger partial charge in [-0.15, -0.1) is 0 Å². The lowest BCUT2D eigenvalue weighted by atomic mass is 10.1. The van der Waals surface area contributed by atoms with E-state index < -0.39 is 6.03 Å². The number of ether oxygens (including phenoxy) is 1. The Hall–Kier alpha value is -2.08. The van der Waals surface area contributed by atoms with Crippen LogP contribution < -0.4 is 20.8 Å². The highest BCUT2D eigenvalue weighted by molar-refractivity contribution is 5.99. The number of carbonyl (C=O) groups excluding carboxylic acids is 1. The molecule has 1 saturated heterocycles. The van der Waals surface area contributed by atoms with Crippen LogP contribution in [0, 0.1) is 0 Å². The van der Waals surface area contributed by atoms with Crippen LogP contribution >= 0.6 is 0 Å².